The molecule has 16 nitrogen and oxygen atoms in total. The summed E-state index contributed by atoms with van der Waals surface area (Å²) >= 11 is 6.23. The maximum Gasteiger partial charge on any atom is 0.307 e. The molecule has 18 heteroatoms. The predicted octanol–water partition coefficient (Wildman–Crippen LogP) is 8.65. The molecular formula is C62H82ClFN8O8. The van der Waals surface area contributed by atoms with Gasteiger partial charge in [0.2, 0.25) is 23.6 Å². The minimum Gasteiger partial charge on any atom is -0.460 e. The largest absolute Gasteiger partial charge is 0.460 e. The molecule has 5 unspecified atom stereocenters. The van der Waals surface area contributed by atoms with Crippen LogP contribution in [0.1, 0.15) is 94.8 Å². The van der Waals surface area contributed by atoms with Crippen molar-refractivity contribution in [3.8, 4) is 22.8 Å². The van der Waals surface area contributed by atoms with E-state index in [4.69, 9.17) is 30.8 Å². The number of ether oxygens (including phenoxy) is 3. The lowest BCUT2D eigenvalue weighted by molar-refractivity contribution is -0.158. The number of rotatable bonds is 29. The number of alkyl halides is 1. The SMILES string of the molecule is CCc1ccc(CNC(CCF)C(=O)NC(COC)C(=O)N(C)C(CC(=O)NCC(C)N(C)C(=O)C(CC(=O)OC(C)(C)C)Cc2ccccc2)Cc2ccc(Cl)cc2)c(Oc2ccc(-c3cnc(CN4CCCC4)n3C)cc2)c1. The number of carbonyl (C=O) groups is 5. The van der Waals surface area contributed by atoms with Crippen LogP contribution in [0.15, 0.2) is 103 Å². The molecule has 1 saturated heterocycles. The summed E-state index contributed by atoms with van der Waals surface area (Å²) in [5.41, 5.74) is 4.78. The van der Waals surface area contributed by atoms with Crippen LogP contribution in [0, 0.1) is 5.92 Å². The van der Waals surface area contributed by atoms with Gasteiger partial charge in [0.1, 0.15) is 29.0 Å². The molecule has 2 heterocycles. The van der Waals surface area contributed by atoms with Crippen LogP contribution in [0.25, 0.3) is 11.3 Å². The molecule has 1 fully saturated rings. The molecule has 432 valence electrons. The van der Waals surface area contributed by atoms with Gasteiger partial charge in [-0.25, -0.2) is 4.98 Å². The maximum atomic E-state index is 14.5. The number of nitrogens with zero attached hydrogens (tertiary/aromatic N) is 5. The van der Waals surface area contributed by atoms with Gasteiger partial charge in [0.15, 0.2) is 0 Å². The Morgan fingerprint density at radius 2 is 1.51 bits per heavy atom. The van der Waals surface area contributed by atoms with Crippen LogP contribution in [0.5, 0.6) is 11.5 Å². The Morgan fingerprint density at radius 3 is 2.16 bits per heavy atom. The van der Waals surface area contributed by atoms with Gasteiger partial charge in [0.25, 0.3) is 0 Å². The second kappa shape index (κ2) is 30.2. The zero-order valence-electron chi connectivity index (χ0n) is 48.1. The normalized spacial score (nSPS) is 14.6. The highest BCUT2D eigenvalue weighted by Gasteiger charge is 2.33. The molecule has 1 aliphatic heterocycles. The Morgan fingerprint density at radius 1 is 0.838 bits per heavy atom. The molecular weight excluding hydrogens is 1040 g/mol. The first kappa shape index (κ1) is 62.5. The van der Waals surface area contributed by atoms with Crippen LogP contribution in [0.4, 0.5) is 4.39 Å². The summed E-state index contributed by atoms with van der Waals surface area (Å²) in [4.78, 5) is 79.7. The van der Waals surface area contributed by atoms with Crippen molar-refractivity contribution < 1.29 is 42.6 Å². The number of carbonyl (C=O) groups excluding carboxylic acids is 5. The van der Waals surface area contributed by atoms with Gasteiger partial charge in [0, 0.05) is 76.0 Å². The van der Waals surface area contributed by atoms with Crippen molar-refractivity contribution in [2.45, 2.75) is 129 Å². The van der Waals surface area contributed by atoms with Crippen molar-refractivity contribution in [1.29, 1.82) is 0 Å². The topological polar surface area (TPSA) is 177 Å². The lowest BCUT2D eigenvalue weighted by Gasteiger charge is -2.32. The van der Waals surface area contributed by atoms with Crippen LogP contribution < -0.4 is 20.7 Å². The van der Waals surface area contributed by atoms with Gasteiger partial charge in [0.05, 0.1) is 50.1 Å². The number of likely N-dealkylation sites (N-methyl/N-ethyl adjacent to an activating group) is 2. The number of halogens is 2. The van der Waals surface area contributed by atoms with E-state index in [0.29, 0.717) is 22.9 Å². The van der Waals surface area contributed by atoms with Gasteiger partial charge < -0.3 is 44.5 Å². The van der Waals surface area contributed by atoms with Crippen molar-refractivity contribution in [2.75, 3.05) is 54.1 Å². The Labute approximate surface area is 477 Å². The number of esters is 1. The standard InChI is InChI=1S/C62H82ClFN8O8/c1-10-43-18-21-47(55(34-43)79-51-26-22-46(23-27-51)54-39-66-56(71(54)8)40-72-30-14-15-31-72)38-65-52(28-29-64)59(75)68-53(41-78-9)61(77)70(7)50(33-45-19-24-49(63)25-20-45)36-57(73)67-37-42(2)69(6)60(76)48(32-44-16-12-11-13-17-44)35-58(74)80-62(3,4)5/h11-13,16-27,34,39,42,48,50,52-53,65H,10,14-15,28-33,35-38,40-41H2,1-9H3,(H,67,73)(H,68,75). The summed E-state index contributed by atoms with van der Waals surface area (Å²) in [7, 11) is 6.66. The van der Waals surface area contributed by atoms with E-state index >= 15 is 0 Å². The first-order valence-electron chi connectivity index (χ1n) is 27.8. The fraction of sp³-hybridized carbons (Fsp3) is 0.484. The molecule has 80 heavy (non-hydrogen) atoms. The van der Waals surface area contributed by atoms with Crippen LogP contribution in [-0.4, -0.2) is 138 Å². The highest BCUT2D eigenvalue weighted by Crippen LogP contribution is 2.30. The summed E-state index contributed by atoms with van der Waals surface area (Å²) in [6.07, 6.45) is 5.24. The molecule has 0 spiro atoms. The van der Waals surface area contributed by atoms with E-state index in [9.17, 15) is 28.4 Å². The number of imidazole rings is 1. The number of likely N-dealkylation sites (tertiary alicyclic amines) is 1. The van der Waals surface area contributed by atoms with Crippen molar-refractivity contribution in [1.82, 2.24) is 40.2 Å². The summed E-state index contributed by atoms with van der Waals surface area (Å²) < 4.78 is 34.0. The number of methoxy groups -OCH3 is 1. The Kier molecular flexibility index (Phi) is 23.6. The zero-order valence-corrected chi connectivity index (χ0v) is 48.8. The van der Waals surface area contributed by atoms with Gasteiger partial charge in [-0.3, -0.25) is 33.3 Å². The van der Waals surface area contributed by atoms with Crippen LogP contribution in [0.2, 0.25) is 5.02 Å². The smallest absolute Gasteiger partial charge is 0.307 e. The molecule has 1 aromatic heterocycles. The molecule has 0 radical (unpaired) electrons. The van der Waals surface area contributed by atoms with Gasteiger partial charge >= 0.3 is 5.97 Å². The Bertz CT molecular complexity index is 2800. The predicted molar refractivity (Wildman–Crippen MR) is 310 cm³/mol. The molecule has 0 saturated carbocycles. The number of hydrogen-bond donors (Lipinski definition) is 3. The Balaban J connectivity index is 1.10. The molecule has 4 amide bonds. The van der Waals surface area contributed by atoms with Crippen LogP contribution in [0.3, 0.4) is 0 Å². The van der Waals surface area contributed by atoms with Gasteiger partial charge in [-0.1, -0.05) is 73.1 Å². The average Bonchev–Trinajstić information content (AvgIpc) is 4.10. The van der Waals surface area contributed by atoms with Crippen molar-refractivity contribution in [2.24, 2.45) is 13.0 Å². The lowest BCUT2D eigenvalue weighted by atomic mass is 9.94. The molecule has 1 aliphatic rings. The second-order valence-electron chi connectivity index (χ2n) is 21.9. The summed E-state index contributed by atoms with van der Waals surface area (Å²) in [5, 5.41) is 9.50. The lowest BCUT2D eigenvalue weighted by Crippen LogP contribution is -2.56. The number of nitrogens with one attached hydrogen (secondary N) is 3. The fourth-order valence-electron chi connectivity index (χ4n) is 9.75. The quantitative estimate of drug-likeness (QED) is 0.0391. The highest BCUT2D eigenvalue weighted by molar-refractivity contribution is 6.30. The van der Waals surface area contributed by atoms with Gasteiger partial charge in [-0.2, -0.15) is 0 Å². The number of benzene rings is 4. The summed E-state index contributed by atoms with van der Waals surface area (Å²) in [6, 6.07) is 26.8. The molecule has 6 rings (SSSR count). The zero-order chi connectivity index (χ0) is 57.9. The van der Waals surface area contributed by atoms with Crippen molar-refractivity contribution in [3.05, 3.63) is 136 Å². The van der Waals surface area contributed by atoms with E-state index in [-0.39, 0.29) is 57.2 Å². The van der Waals surface area contributed by atoms with Crippen molar-refractivity contribution >= 4 is 41.2 Å². The number of aromatic nitrogens is 2. The van der Waals surface area contributed by atoms with E-state index in [0.717, 1.165) is 65.4 Å². The minimum absolute atomic E-state index is 0.0816. The van der Waals surface area contributed by atoms with Gasteiger partial charge in [-0.15, -0.1) is 0 Å². The van der Waals surface area contributed by atoms with Crippen molar-refractivity contribution in [3.63, 3.8) is 0 Å². The molecule has 5 aromatic rings. The van der Waals surface area contributed by atoms with E-state index in [1.165, 1.54) is 29.8 Å². The van der Waals surface area contributed by atoms with Crippen LogP contribution >= 0.6 is 11.6 Å². The summed E-state index contributed by atoms with van der Waals surface area (Å²) in [6.45, 7) is 11.4. The number of hydrogen-bond acceptors (Lipinski definition) is 11. The maximum absolute atomic E-state index is 14.5. The van der Waals surface area contributed by atoms with Gasteiger partial charge in [-0.05, 0) is 138 Å². The minimum atomic E-state index is -1.20. The first-order valence-corrected chi connectivity index (χ1v) is 28.1. The monoisotopic (exact) mass is 1120 g/mol. The third-order valence-electron chi connectivity index (χ3n) is 14.6. The van der Waals surface area contributed by atoms with Crippen LogP contribution in [-0.2, 0) is 72.8 Å². The number of amides is 4. The second-order valence-corrected chi connectivity index (χ2v) is 22.3. The number of aryl methyl sites for hydroxylation is 1. The third kappa shape index (κ3) is 18.7. The molecule has 5 atom stereocenters. The average molecular weight is 1120 g/mol. The van der Waals surface area contributed by atoms with E-state index in [2.05, 4.69) is 32.3 Å². The fourth-order valence-corrected chi connectivity index (χ4v) is 9.88. The van der Waals surface area contributed by atoms with E-state index in [1.54, 1.807) is 53.9 Å². The van der Waals surface area contributed by atoms with E-state index in [1.807, 2.05) is 98.2 Å². The third-order valence-corrected chi connectivity index (χ3v) is 14.8. The highest BCUT2D eigenvalue weighted by atomic mass is 35.5. The molecule has 4 aromatic carbocycles. The molecule has 0 bridgehead atoms. The molecule has 3 N–H and O–H groups in total. The first-order chi connectivity index (χ1) is 38.2. The van der Waals surface area contributed by atoms with E-state index < -0.39 is 60.1 Å². The Hall–Kier alpha value is -6.66. The summed E-state index contributed by atoms with van der Waals surface area (Å²) in [5.74, 6) is -0.755. The molecule has 0 aliphatic carbocycles.